The zero-order valence-electron chi connectivity index (χ0n) is 65.9. The number of benzene rings is 19. The second kappa shape index (κ2) is 32.3. The summed E-state index contributed by atoms with van der Waals surface area (Å²) in [4.78, 5) is 28.1. The number of fused-ring (bicyclic) bond motifs is 18. The lowest BCUT2D eigenvalue weighted by Gasteiger charge is -2.32. The van der Waals surface area contributed by atoms with Gasteiger partial charge < -0.3 is 9.31 Å². The van der Waals surface area contributed by atoms with E-state index in [4.69, 9.17) is 47.5 Å². The van der Waals surface area contributed by atoms with Crippen LogP contribution in [0, 0.1) is 0 Å². The van der Waals surface area contributed by atoms with Gasteiger partial charge >= 0.3 is 7.12 Å². The molecule has 1 saturated heterocycles. The SMILES string of the molecule is CC1(C)OB(c2cc(-c3ccccc3)cc3c4ccccc4c4ccccc4c23)OC1(C)C.Clc1cc(-c2ccccc2)cc2c3ccccc3c3ccccc3c12.Clc1nc(-c2ccccc2)nc(-c2ccccc2)n1.c1ccc(-c2cc(-c3nc(-c4ccccc4)nc(-c4ccccc4)n3)c3c4ccccc4c4ccccc4c3c2)cc1. The van der Waals surface area contributed by atoms with Crippen LogP contribution in [-0.2, 0) is 9.31 Å². The van der Waals surface area contributed by atoms with Crippen molar-refractivity contribution in [1.29, 1.82) is 0 Å². The van der Waals surface area contributed by atoms with E-state index >= 15 is 0 Å². The molecule has 2 aromatic heterocycles. The summed E-state index contributed by atoms with van der Waals surface area (Å²) in [6, 6.07) is 137. The highest BCUT2D eigenvalue weighted by molar-refractivity contribution is 6.66. The highest BCUT2D eigenvalue weighted by Crippen LogP contribution is 2.46. The number of nitrogens with zero attached hydrogens (tertiary/aromatic N) is 6. The van der Waals surface area contributed by atoms with E-state index in [-0.39, 0.29) is 5.28 Å². The fraction of sp³-hybridized carbons (Fsp3) is 0.0556. The molecule has 11 heteroatoms. The van der Waals surface area contributed by atoms with Gasteiger partial charge in [0.15, 0.2) is 29.1 Å². The molecule has 8 nitrogen and oxygen atoms in total. The molecule has 1 aliphatic heterocycles. The van der Waals surface area contributed by atoms with E-state index in [9.17, 15) is 0 Å². The fourth-order valence-corrected chi connectivity index (χ4v) is 17.0. The Balaban J connectivity index is 0.000000109. The van der Waals surface area contributed by atoms with Crippen LogP contribution in [0.2, 0.25) is 10.3 Å². The Labute approximate surface area is 700 Å². The fourth-order valence-electron chi connectivity index (χ4n) is 16.5. The zero-order valence-corrected chi connectivity index (χ0v) is 67.4. The van der Waals surface area contributed by atoms with Crippen LogP contribution in [0.5, 0.6) is 0 Å². The Morgan fingerprint density at radius 2 is 0.445 bits per heavy atom. The summed E-state index contributed by atoms with van der Waals surface area (Å²) in [5, 5.41) is 23.0. The molecule has 0 bridgehead atoms. The molecule has 0 amide bonds. The first-order valence-electron chi connectivity index (χ1n) is 40.0. The number of hydrogen-bond donors (Lipinski definition) is 0. The van der Waals surface area contributed by atoms with Crippen LogP contribution >= 0.6 is 23.2 Å². The molecule has 19 aromatic carbocycles. The molecule has 21 aromatic rings. The molecule has 0 spiro atoms. The molecule has 0 N–H and O–H groups in total. The Morgan fingerprint density at radius 3 is 0.790 bits per heavy atom. The molecule has 0 aliphatic carbocycles. The largest absolute Gasteiger partial charge is 0.495 e. The van der Waals surface area contributed by atoms with Crippen LogP contribution < -0.4 is 5.46 Å². The van der Waals surface area contributed by atoms with E-state index in [1.165, 1.54) is 103 Å². The Kier molecular flexibility index (Phi) is 20.4. The first kappa shape index (κ1) is 75.2. The lowest BCUT2D eigenvalue weighted by atomic mass is 9.73. The summed E-state index contributed by atoms with van der Waals surface area (Å²) in [7, 11) is -0.439. The third-order valence-corrected chi connectivity index (χ3v) is 23.4. The molecule has 119 heavy (non-hydrogen) atoms. The van der Waals surface area contributed by atoms with Gasteiger partial charge in [-0.25, -0.2) is 19.9 Å². The predicted octanol–water partition coefficient (Wildman–Crippen LogP) is 28.4. The van der Waals surface area contributed by atoms with Gasteiger partial charge in [-0.3, -0.25) is 0 Å². The van der Waals surface area contributed by atoms with Crippen molar-refractivity contribution in [1.82, 2.24) is 29.9 Å². The summed E-state index contributed by atoms with van der Waals surface area (Å²) in [5.41, 5.74) is 12.0. The maximum atomic E-state index is 6.79. The first-order valence-corrected chi connectivity index (χ1v) is 40.8. The molecule has 0 radical (unpaired) electrons. The van der Waals surface area contributed by atoms with Crippen molar-refractivity contribution in [3.8, 4) is 90.3 Å². The predicted molar refractivity (Wildman–Crippen MR) is 499 cm³/mol. The molecule has 0 unspecified atom stereocenters. The van der Waals surface area contributed by atoms with Crippen molar-refractivity contribution in [3.63, 3.8) is 0 Å². The summed E-state index contributed by atoms with van der Waals surface area (Å²) in [6.45, 7) is 8.46. The van der Waals surface area contributed by atoms with Gasteiger partial charge in [-0.1, -0.05) is 376 Å². The van der Waals surface area contributed by atoms with Crippen molar-refractivity contribution in [3.05, 3.63) is 405 Å². The Bertz CT molecular complexity index is 7250. The second-order valence-corrected chi connectivity index (χ2v) is 31.5. The van der Waals surface area contributed by atoms with Crippen LogP contribution in [-0.4, -0.2) is 48.2 Å². The minimum absolute atomic E-state index is 0.202. The summed E-state index contributed by atoms with van der Waals surface area (Å²) in [5.74, 6) is 3.13. The number of halogens is 2. The highest BCUT2D eigenvalue weighted by atomic mass is 35.5. The van der Waals surface area contributed by atoms with E-state index in [0.29, 0.717) is 29.1 Å². The zero-order chi connectivity index (χ0) is 80.6. The van der Waals surface area contributed by atoms with Gasteiger partial charge in [-0.05, 0) is 195 Å². The third kappa shape index (κ3) is 14.8. The lowest BCUT2D eigenvalue weighted by Crippen LogP contribution is -2.41. The topological polar surface area (TPSA) is 95.8 Å². The Hall–Kier alpha value is -13.9. The van der Waals surface area contributed by atoms with Crippen LogP contribution in [0.3, 0.4) is 0 Å². The molecule has 568 valence electrons. The second-order valence-electron chi connectivity index (χ2n) is 30.8. The van der Waals surface area contributed by atoms with E-state index in [2.05, 4.69) is 334 Å². The molecular weight excluding hydrogens is 1490 g/mol. The van der Waals surface area contributed by atoms with Gasteiger partial charge in [0.25, 0.3) is 0 Å². The van der Waals surface area contributed by atoms with Gasteiger partial charge in [0.2, 0.25) is 5.28 Å². The molecular formula is C108H77BCl2N6O2. The highest BCUT2D eigenvalue weighted by Gasteiger charge is 2.52. The molecule has 3 heterocycles. The summed E-state index contributed by atoms with van der Waals surface area (Å²) in [6.07, 6.45) is 0. The van der Waals surface area contributed by atoms with Crippen molar-refractivity contribution in [2.75, 3.05) is 0 Å². The van der Waals surface area contributed by atoms with Gasteiger partial charge in [0.1, 0.15) is 0 Å². The van der Waals surface area contributed by atoms with E-state index in [0.717, 1.165) is 65.8 Å². The quantitative estimate of drug-likeness (QED) is 0.104. The average Bonchev–Trinajstić information content (AvgIpc) is 1.69. The summed E-state index contributed by atoms with van der Waals surface area (Å²) >= 11 is 12.8. The maximum Gasteiger partial charge on any atom is 0.495 e. The van der Waals surface area contributed by atoms with E-state index < -0.39 is 18.3 Å². The third-order valence-electron chi connectivity index (χ3n) is 22.9. The van der Waals surface area contributed by atoms with Crippen LogP contribution in [0.1, 0.15) is 27.7 Å². The van der Waals surface area contributed by atoms with Crippen LogP contribution in [0.15, 0.2) is 394 Å². The van der Waals surface area contributed by atoms with Crippen LogP contribution in [0.25, 0.3) is 187 Å². The van der Waals surface area contributed by atoms with E-state index in [1.54, 1.807) is 0 Å². The average molecular weight is 1570 g/mol. The lowest BCUT2D eigenvalue weighted by molar-refractivity contribution is 0.00578. The minimum atomic E-state index is -0.439. The molecule has 22 rings (SSSR count). The van der Waals surface area contributed by atoms with Crippen molar-refractivity contribution in [2.45, 2.75) is 38.9 Å². The van der Waals surface area contributed by atoms with Gasteiger partial charge in [0.05, 0.1) is 11.2 Å². The summed E-state index contributed by atoms with van der Waals surface area (Å²) < 4.78 is 13.2. The molecule has 0 atom stereocenters. The normalized spacial score (nSPS) is 12.8. The number of hydrogen-bond acceptors (Lipinski definition) is 8. The molecule has 1 fully saturated rings. The maximum absolute atomic E-state index is 6.79. The monoisotopic (exact) mass is 1570 g/mol. The van der Waals surface area contributed by atoms with Crippen molar-refractivity contribution >= 4 is 133 Å². The van der Waals surface area contributed by atoms with Crippen molar-refractivity contribution < 1.29 is 9.31 Å². The van der Waals surface area contributed by atoms with Gasteiger partial charge in [-0.15, -0.1) is 0 Å². The Morgan fingerprint density at radius 1 is 0.210 bits per heavy atom. The van der Waals surface area contributed by atoms with Gasteiger partial charge in [-0.2, -0.15) is 9.97 Å². The van der Waals surface area contributed by atoms with E-state index in [1.807, 2.05) is 103 Å². The number of aromatic nitrogens is 6. The van der Waals surface area contributed by atoms with Crippen LogP contribution in [0.4, 0.5) is 0 Å². The molecule has 0 saturated carbocycles. The van der Waals surface area contributed by atoms with Gasteiger partial charge in [0, 0.05) is 43.6 Å². The van der Waals surface area contributed by atoms with Crippen molar-refractivity contribution in [2.24, 2.45) is 0 Å². The molecule has 1 aliphatic rings. The minimum Gasteiger partial charge on any atom is -0.399 e. The number of rotatable bonds is 9. The smallest absolute Gasteiger partial charge is 0.399 e. The first-order chi connectivity index (χ1) is 58.3. The standard InChI is InChI=1S/C39H25N3.C30H27BO2.C24H15Cl.C15H10ClN3/c1-4-14-26(15-5-1)29-24-34-32-22-11-10-20-30(32)31-21-12-13-23-33(31)36(34)35(25-29)39-41-37(27-16-6-2-7-17-27)40-38(42-39)28-18-8-3-9-19-28;1-29(2)30(3,4)33-31(32-29)27-19-21(20-12-6-5-7-13-20)18-26-24-16-9-8-14-22(24)23-15-10-11-17-25(23)28(26)27;25-23-15-17(16-8-2-1-3-9-16)14-22-20-12-5-4-10-18(20)19-11-6-7-13-21(19)24(22)23;16-15-18-13(11-7-3-1-4-8-11)17-14(19-15)12-9-5-2-6-10-12/h1-25H;5-19H,1-4H3;1-15H;1-10H.